The number of halogens is 1. The molecule has 3 N–H and O–H groups in total. The summed E-state index contributed by atoms with van der Waals surface area (Å²) < 4.78 is 0. The number of carbonyl (C=O) groups is 1. The smallest absolute Gasteiger partial charge is 0.269 e. The van der Waals surface area contributed by atoms with E-state index < -0.39 is 10.8 Å². The maximum atomic E-state index is 11.1. The molecule has 0 fully saturated rings. The van der Waals surface area contributed by atoms with Crippen LogP contribution in [0.1, 0.15) is 11.1 Å². The number of hydrogen-bond acceptors (Lipinski definition) is 5. The van der Waals surface area contributed by atoms with E-state index >= 15 is 0 Å². The first kappa shape index (κ1) is 15.7. The van der Waals surface area contributed by atoms with Crippen molar-refractivity contribution in [3.8, 4) is 0 Å². The summed E-state index contributed by atoms with van der Waals surface area (Å²) in [6, 6.07) is 7.85. The second-order valence-electron chi connectivity index (χ2n) is 4.59. The first-order chi connectivity index (χ1) is 10.5. The molecule has 0 saturated carbocycles. The Morgan fingerprint density at radius 3 is 2.86 bits per heavy atom. The molecule has 0 aliphatic rings. The molecule has 8 heteroatoms. The number of nitrogens with two attached hydrogens (primary N) is 1. The number of nitro benzene ring substituents is 1. The summed E-state index contributed by atoms with van der Waals surface area (Å²) in [4.78, 5) is 25.3. The molecule has 1 aromatic heterocycles. The molecular formula is C14H13ClN4O3. The summed E-state index contributed by atoms with van der Waals surface area (Å²) in [7, 11) is 0. The minimum Gasteiger partial charge on any atom is -0.381 e. The Morgan fingerprint density at radius 1 is 1.41 bits per heavy atom. The lowest BCUT2D eigenvalue weighted by Gasteiger charge is -2.11. The number of hydrogen-bond donors (Lipinski definition) is 2. The predicted molar refractivity (Wildman–Crippen MR) is 82.6 cm³/mol. The number of non-ortho nitro benzene ring substituents is 1. The quantitative estimate of drug-likeness (QED) is 0.482. The zero-order chi connectivity index (χ0) is 16.1. The lowest BCUT2D eigenvalue weighted by Crippen LogP contribution is -2.15. The highest BCUT2D eigenvalue weighted by atomic mass is 35.5. The van der Waals surface area contributed by atoms with E-state index in [4.69, 9.17) is 17.3 Å². The Hall–Kier alpha value is -2.67. The highest BCUT2D eigenvalue weighted by Crippen LogP contribution is 2.21. The number of anilines is 1. The van der Waals surface area contributed by atoms with E-state index in [9.17, 15) is 14.9 Å². The zero-order valence-electron chi connectivity index (χ0n) is 11.5. The first-order valence-corrected chi connectivity index (χ1v) is 6.73. The van der Waals surface area contributed by atoms with Crippen molar-refractivity contribution < 1.29 is 9.72 Å². The molecule has 0 aliphatic heterocycles. The number of amides is 1. The normalized spacial score (nSPS) is 10.2. The number of pyridine rings is 1. The van der Waals surface area contributed by atoms with Crippen LogP contribution < -0.4 is 11.1 Å². The maximum absolute atomic E-state index is 11.1. The van der Waals surface area contributed by atoms with E-state index in [-0.39, 0.29) is 17.3 Å². The van der Waals surface area contributed by atoms with Crippen LogP contribution in [-0.2, 0) is 17.8 Å². The Morgan fingerprint density at radius 2 is 2.18 bits per heavy atom. The van der Waals surface area contributed by atoms with E-state index in [0.717, 1.165) is 5.56 Å². The highest BCUT2D eigenvalue weighted by molar-refractivity contribution is 6.29. The molecule has 0 saturated heterocycles. The van der Waals surface area contributed by atoms with Crippen molar-refractivity contribution in [1.82, 2.24) is 4.98 Å². The Bertz CT molecular complexity index is 721. The van der Waals surface area contributed by atoms with E-state index in [1.165, 1.54) is 18.3 Å². The van der Waals surface area contributed by atoms with E-state index in [1.807, 2.05) is 0 Å². The number of rotatable bonds is 6. The number of nitrogens with one attached hydrogen (secondary N) is 1. The van der Waals surface area contributed by atoms with Crippen molar-refractivity contribution in [1.29, 1.82) is 0 Å². The van der Waals surface area contributed by atoms with Crippen LogP contribution in [0.25, 0.3) is 0 Å². The van der Waals surface area contributed by atoms with Crippen LogP contribution in [0, 0.1) is 10.1 Å². The van der Waals surface area contributed by atoms with Gasteiger partial charge in [0.05, 0.1) is 11.3 Å². The number of nitrogens with zero attached hydrogens (tertiary/aromatic N) is 2. The van der Waals surface area contributed by atoms with Gasteiger partial charge in [-0.15, -0.1) is 0 Å². The third kappa shape index (κ3) is 4.16. The standard InChI is InChI=1S/C14H13ClN4O3/c15-13-6-12(10(8-18-13)5-14(16)20)17-7-9-2-1-3-11(4-9)19(21)22/h1-4,6,8H,5,7H2,(H2,16,20)(H,17,18). The van der Waals surface area contributed by atoms with E-state index in [0.29, 0.717) is 17.8 Å². The summed E-state index contributed by atoms with van der Waals surface area (Å²) >= 11 is 5.85. The average molecular weight is 321 g/mol. The summed E-state index contributed by atoms with van der Waals surface area (Å²) in [6.45, 7) is 0.341. The molecule has 114 valence electrons. The monoisotopic (exact) mass is 320 g/mol. The van der Waals surface area contributed by atoms with Crippen LogP contribution in [0.3, 0.4) is 0 Å². The van der Waals surface area contributed by atoms with Crippen LogP contribution in [0.5, 0.6) is 0 Å². The van der Waals surface area contributed by atoms with Gasteiger partial charge in [0.2, 0.25) is 5.91 Å². The Balaban J connectivity index is 2.17. The van der Waals surface area contributed by atoms with Crippen molar-refractivity contribution in [2.24, 2.45) is 5.73 Å². The van der Waals surface area contributed by atoms with Gasteiger partial charge in [0, 0.05) is 36.1 Å². The molecule has 0 atom stereocenters. The predicted octanol–water partition coefficient (Wildman–Crippen LogP) is 2.28. The molecule has 0 spiro atoms. The lowest BCUT2D eigenvalue weighted by molar-refractivity contribution is -0.384. The molecule has 0 bridgehead atoms. The molecule has 0 aliphatic carbocycles. The maximum Gasteiger partial charge on any atom is 0.269 e. The molecule has 0 radical (unpaired) electrons. The van der Waals surface area contributed by atoms with Gasteiger partial charge in [-0.1, -0.05) is 23.7 Å². The van der Waals surface area contributed by atoms with Gasteiger partial charge in [-0.2, -0.15) is 0 Å². The minimum absolute atomic E-state index is 0.0180. The van der Waals surface area contributed by atoms with Crippen LogP contribution in [0.4, 0.5) is 11.4 Å². The first-order valence-electron chi connectivity index (χ1n) is 6.35. The largest absolute Gasteiger partial charge is 0.381 e. The number of carbonyl (C=O) groups excluding carboxylic acids is 1. The van der Waals surface area contributed by atoms with Gasteiger partial charge in [0.25, 0.3) is 5.69 Å². The van der Waals surface area contributed by atoms with Crippen LogP contribution >= 0.6 is 11.6 Å². The molecule has 1 heterocycles. The van der Waals surface area contributed by atoms with Crippen molar-refractivity contribution in [3.63, 3.8) is 0 Å². The minimum atomic E-state index is -0.484. The van der Waals surface area contributed by atoms with Gasteiger partial charge in [0.15, 0.2) is 0 Å². The molecule has 1 amide bonds. The van der Waals surface area contributed by atoms with Crippen molar-refractivity contribution >= 4 is 28.9 Å². The summed E-state index contributed by atoms with van der Waals surface area (Å²) in [5, 5.41) is 14.1. The van der Waals surface area contributed by atoms with Crippen molar-refractivity contribution in [2.75, 3.05) is 5.32 Å². The molecule has 7 nitrogen and oxygen atoms in total. The topological polar surface area (TPSA) is 111 Å². The summed E-state index contributed by atoms with van der Waals surface area (Å²) in [6.07, 6.45) is 1.50. The van der Waals surface area contributed by atoms with Gasteiger partial charge < -0.3 is 11.1 Å². The van der Waals surface area contributed by atoms with Crippen molar-refractivity contribution in [3.05, 3.63) is 62.9 Å². The van der Waals surface area contributed by atoms with E-state index in [2.05, 4.69) is 10.3 Å². The van der Waals surface area contributed by atoms with E-state index in [1.54, 1.807) is 18.2 Å². The molecule has 2 rings (SSSR count). The number of primary amides is 1. The van der Waals surface area contributed by atoms with Gasteiger partial charge in [0.1, 0.15) is 5.15 Å². The number of aromatic nitrogens is 1. The van der Waals surface area contributed by atoms with Crippen LogP contribution in [-0.4, -0.2) is 15.8 Å². The second-order valence-corrected chi connectivity index (χ2v) is 4.98. The Kier molecular flexibility index (Phi) is 4.90. The van der Waals surface area contributed by atoms with Crippen molar-refractivity contribution in [2.45, 2.75) is 13.0 Å². The highest BCUT2D eigenvalue weighted by Gasteiger charge is 2.09. The summed E-state index contributed by atoms with van der Waals surface area (Å²) in [5.41, 5.74) is 7.17. The third-order valence-electron chi connectivity index (χ3n) is 2.92. The van der Waals surface area contributed by atoms with Crippen LogP contribution in [0.15, 0.2) is 36.5 Å². The molecular weight excluding hydrogens is 308 g/mol. The van der Waals surface area contributed by atoms with Crippen LogP contribution in [0.2, 0.25) is 5.15 Å². The second kappa shape index (κ2) is 6.86. The summed E-state index contributed by atoms with van der Waals surface area (Å²) in [5.74, 6) is -0.484. The van der Waals surface area contributed by atoms with Gasteiger partial charge in [-0.25, -0.2) is 4.98 Å². The van der Waals surface area contributed by atoms with Gasteiger partial charge in [-0.05, 0) is 11.6 Å². The van der Waals surface area contributed by atoms with Gasteiger partial charge >= 0.3 is 0 Å². The number of nitro groups is 1. The lowest BCUT2D eigenvalue weighted by atomic mass is 10.1. The average Bonchev–Trinajstić information content (AvgIpc) is 2.47. The van der Waals surface area contributed by atoms with Gasteiger partial charge in [-0.3, -0.25) is 14.9 Å². The fraction of sp³-hybridized carbons (Fsp3) is 0.143. The SMILES string of the molecule is NC(=O)Cc1cnc(Cl)cc1NCc1cccc([N+](=O)[O-])c1. The molecule has 1 aromatic carbocycles. The third-order valence-corrected chi connectivity index (χ3v) is 3.13. The Labute approximate surface area is 131 Å². The fourth-order valence-electron chi connectivity index (χ4n) is 1.93. The molecule has 0 unspecified atom stereocenters. The zero-order valence-corrected chi connectivity index (χ0v) is 12.2. The molecule has 22 heavy (non-hydrogen) atoms. The molecule has 2 aromatic rings. The fourth-order valence-corrected chi connectivity index (χ4v) is 2.09. The number of benzene rings is 1.